The number of carbonyl (C=O) groups is 3. The van der Waals surface area contributed by atoms with E-state index in [1.165, 1.54) is 0 Å². The van der Waals surface area contributed by atoms with Crippen LogP contribution >= 0.6 is 0 Å². The number of nitrogens with zero attached hydrogens (tertiary/aromatic N) is 9. The molecule has 7 rings (SSSR count). The summed E-state index contributed by atoms with van der Waals surface area (Å²) in [5.41, 5.74) is 18.3. The first-order valence-corrected chi connectivity index (χ1v) is 20.7. The molecule has 0 unspecified atom stereocenters. The number of primary amides is 1. The van der Waals surface area contributed by atoms with Crippen molar-refractivity contribution in [2.45, 2.75) is 66.8 Å². The van der Waals surface area contributed by atoms with Crippen molar-refractivity contribution in [3.8, 4) is 11.5 Å². The molecule has 0 saturated carbocycles. The molecule has 0 aliphatic carbocycles. The minimum absolute atomic E-state index is 0.308. The molecule has 4 aromatic heterocycles. The Bertz CT molecular complexity index is 2540. The normalized spacial score (nSPS) is 13.1. The fourth-order valence-electron chi connectivity index (χ4n) is 7.39. The van der Waals surface area contributed by atoms with Gasteiger partial charge in [0.25, 0.3) is 5.91 Å². The highest BCUT2D eigenvalue weighted by Gasteiger charge is 2.21. The van der Waals surface area contributed by atoms with Crippen LogP contribution in [0.25, 0.3) is 22.1 Å². The monoisotopic (exact) mass is 851 g/mol. The van der Waals surface area contributed by atoms with Crippen molar-refractivity contribution in [2.24, 2.45) is 11.5 Å². The second kappa shape index (κ2) is 20.8. The Balaban J connectivity index is 0.000000564. The van der Waals surface area contributed by atoms with Crippen LogP contribution in [0.3, 0.4) is 0 Å². The number of aryl methyl sites for hydroxylation is 4. The second-order valence-electron chi connectivity index (χ2n) is 14.6. The lowest BCUT2D eigenvalue weighted by molar-refractivity contribution is 0.0358. The molecule has 1 saturated heterocycles. The first kappa shape index (κ1) is 45.0. The fourth-order valence-corrected chi connectivity index (χ4v) is 7.39. The maximum atomic E-state index is 13.5. The topological polar surface area (TPSA) is 230 Å². The SMILES string of the molecule is CCn1nc(C)cc1C(=O)Nc1nc2cc(CN)cc(OC)c2n1C/C=C/Cn1c(NC)nc2cc(C(N)=O)cc(OCCCN3CCOCC3)c21.CCn1nc(C)cc1C=O. The average Bonchev–Trinajstić information content (AvgIpc) is 4.05. The summed E-state index contributed by atoms with van der Waals surface area (Å²) < 4.78 is 24.8. The van der Waals surface area contributed by atoms with E-state index in [2.05, 4.69) is 25.7 Å². The summed E-state index contributed by atoms with van der Waals surface area (Å²) in [5.74, 6) is 1.20. The van der Waals surface area contributed by atoms with Crippen LogP contribution in [-0.4, -0.2) is 115 Å². The number of hydrogen-bond acceptors (Lipinski definition) is 13. The predicted octanol–water partition coefficient (Wildman–Crippen LogP) is 4.15. The summed E-state index contributed by atoms with van der Waals surface area (Å²) in [5, 5.41) is 14.7. The first-order valence-electron chi connectivity index (χ1n) is 20.7. The molecule has 1 aliphatic heterocycles. The van der Waals surface area contributed by atoms with E-state index < -0.39 is 5.91 Å². The van der Waals surface area contributed by atoms with E-state index in [0.29, 0.717) is 84.2 Å². The molecular formula is C43H57N13O6. The number of ether oxygens (including phenoxy) is 3. The summed E-state index contributed by atoms with van der Waals surface area (Å²) in [4.78, 5) is 48.0. The number of morpholine rings is 1. The van der Waals surface area contributed by atoms with Gasteiger partial charge in [-0.05, 0) is 76.1 Å². The molecule has 62 heavy (non-hydrogen) atoms. The van der Waals surface area contributed by atoms with Crippen LogP contribution in [0.1, 0.15) is 68.6 Å². The van der Waals surface area contributed by atoms with Crippen LogP contribution < -0.4 is 31.6 Å². The van der Waals surface area contributed by atoms with E-state index in [1.54, 1.807) is 47.8 Å². The number of allylic oxidation sites excluding steroid dienone is 2. The number of methoxy groups -OCH3 is 1. The number of imidazole rings is 2. The maximum absolute atomic E-state index is 13.5. The molecule has 0 radical (unpaired) electrons. The Morgan fingerprint density at radius 2 is 1.52 bits per heavy atom. The van der Waals surface area contributed by atoms with E-state index >= 15 is 0 Å². The van der Waals surface area contributed by atoms with Gasteiger partial charge in [0.2, 0.25) is 17.8 Å². The van der Waals surface area contributed by atoms with Gasteiger partial charge in [-0.3, -0.25) is 34.0 Å². The number of anilines is 2. The summed E-state index contributed by atoms with van der Waals surface area (Å²) >= 11 is 0. The molecule has 6 N–H and O–H groups in total. The van der Waals surface area contributed by atoms with Gasteiger partial charge in [-0.1, -0.05) is 12.2 Å². The maximum Gasteiger partial charge on any atom is 0.276 e. The molecule has 6 aromatic rings. The van der Waals surface area contributed by atoms with Gasteiger partial charge in [0.15, 0.2) is 6.29 Å². The largest absolute Gasteiger partial charge is 0.494 e. The zero-order valence-corrected chi connectivity index (χ0v) is 36.3. The van der Waals surface area contributed by atoms with Gasteiger partial charge in [-0.25, -0.2) is 9.97 Å². The van der Waals surface area contributed by atoms with Crippen molar-refractivity contribution in [1.82, 2.24) is 43.6 Å². The van der Waals surface area contributed by atoms with Crippen molar-refractivity contribution in [2.75, 3.05) is 64.2 Å². The Morgan fingerprint density at radius 1 is 0.871 bits per heavy atom. The molecule has 19 heteroatoms. The van der Waals surface area contributed by atoms with Crippen LogP contribution in [0.5, 0.6) is 11.5 Å². The number of hydrogen-bond donors (Lipinski definition) is 4. The van der Waals surface area contributed by atoms with E-state index in [0.717, 1.165) is 80.1 Å². The fraction of sp³-hybridized carbons (Fsp3) is 0.419. The lowest BCUT2D eigenvalue weighted by Gasteiger charge is -2.26. The van der Waals surface area contributed by atoms with Gasteiger partial charge in [0, 0.05) is 65.0 Å². The number of fused-ring (bicyclic) bond motifs is 2. The number of benzene rings is 2. The molecule has 2 amide bonds. The number of nitrogens with two attached hydrogens (primary N) is 2. The number of aromatic nitrogens is 8. The number of nitrogens with one attached hydrogen (secondary N) is 2. The average molecular weight is 852 g/mol. The molecule has 19 nitrogen and oxygen atoms in total. The predicted molar refractivity (Wildman–Crippen MR) is 237 cm³/mol. The molecule has 0 spiro atoms. The highest BCUT2D eigenvalue weighted by Crippen LogP contribution is 2.33. The summed E-state index contributed by atoms with van der Waals surface area (Å²) in [6, 6.07) is 10.7. The number of rotatable bonds is 18. The van der Waals surface area contributed by atoms with E-state index in [9.17, 15) is 14.4 Å². The third-order valence-electron chi connectivity index (χ3n) is 10.4. The van der Waals surface area contributed by atoms with Gasteiger partial charge in [-0.2, -0.15) is 10.2 Å². The minimum Gasteiger partial charge on any atom is -0.494 e. The van der Waals surface area contributed by atoms with Crippen LogP contribution in [0.15, 0.2) is 48.6 Å². The van der Waals surface area contributed by atoms with Crippen molar-refractivity contribution in [3.63, 3.8) is 0 Å². The highest BCUT2D eigenvalue weighted by molar-refractivity contribution is 6.03. The van der Waals surface area contributed by atoms with Crippen LogP contribution in [0.2, 0.25) is 0 Å². The molecule has 2 aromatic carbocycles. The van der Waals surface area contributed by atoms with Crippen LogP contribution in [0.4, 0.5) is 11.9 Å². The highest BCUT2D eigenvalue weighted by atomic mass is 16.5. The molecule has 1 aliphatic rings. The minimum atomic E-state index is -0.556. The van der Waals surface area contributed by atoms with E-state index in [-0.39, 0.29) is 5.91 Å². The zero-order valence-electron chi connectivity index (χ0n) is 36.3. The van der Waals surface area contributed by atoms with Gasteiger partial charge in [0.1, 0.15) is 33.9 Å². The smallest absolute Gasteiger partial charge is 0.276 e. The summed E-state index contributed by atoms with van der Waals surface area (Å²) in [6.45, 7) is 14.6. The molecular weight excluding hydrogens is 795 g/mol. The van der Waals surface area contributed by atoms with Crippen molar-refractivity contribution < 1.29 is 28.6 Å². The molecule has 5 heterocycles. The Kier molecular flexibility index (Phi) is 15.1. The Hall–Kier alpha value is -6.57. The third kappa shape index (κ3) is 10.3. The standard InChI is InChI=1S/C36H47N11O5.C7H10N2O/c1-5-47-28(17-23(2)43-47)34(49)42-36-41-26-18-24(22-37)19-29(50-4)31(26)46(36)11-7-6-10-45-32-27(40-35(45)39-3)20-25(33(38)48)21-30(32)52-14-8-9-44-12-15-51-16-13-44;1-3-9-7(5-10)4-6(2)8-9/h6-7,17-21H,5,8-16,22,37H2,1-4H3,(H2,38,48)(H,39,40)(H,41,42,49);4-5H,3H2,1-2H3/b7-6+;. The van der Waals surface area contributed by atoms with Crippen LogP contribution in [0, 0.1) is 13.8 Å². The quantitative estimate of drug-likeness (QED) is 0.0542. The molecule has 1 fully saturated rings. The van der Waals surface area contributed by atoms with Gasteiger partial charge in [-0.15, -0.1) is 0 Å². The van der Waals surface area contributed by atoms with Crippen molar-refractivity contribution in [3.05, 3.63) is 82.5 Å². The summed E-state index contributed by atoms with van der Waals surface area (Å²) in [6.07, 6.45) is 5.62. The van der Waals surface area contributed by atoms with Gasteiger partial charge >= 0.3 is 0 Å². The molecule has 330 valence electrons. The number of carbonyl (C=O) groups excluding carboxylic acids is 3. The Morgan fingerprint density at radius 3 is 2.15 bits per heavy atom. The van der Waals surface area contributed by atoms with Crippen molar-refractivity contribution >= 4 is 52.1 Å². The van der Waals surface area contributed by atoms with Gasteiger partial charge in [0.05, 0.1) is 49.4 Å². The van der Waals surface area contributed by atoms with E-state index in [1.807, 2.05) is 61.1 Å². The van der Waals surface area contributed by atoms with Crippen molar-refractivity contribution in [1.29, 1.82) is 0 Å². The number of amides is 2. The van der Waals surface area contributed by atoms with E-state index in [4.69, 9.17) is 35.6 Å². The Labute approximate surface area is 360 Å². The second-order valence-corrected chi connectivity index (χ2v) is 14.6. The molecule has 0 atom stereocenters. The van der Waals surface area contributed by atoms with Gasteiger partial charge < -0.3 is 40.1 Å². The molecule has 0 bridgehead atoms. The first-order chi connectivity index (χ1) is 30.0. The van der Waals surface area contributed by atoms with Crippen LogP contribution in [-0.2, 0) is 37.5 Å². The lowest BCUT2D eigenvalue weighted by Crippen LogP contribution is -2.37. The zero-order chi connectivity index (χ0) is 44.3. The lowest BCUT2D eigenvalue weighted by atomic mass is 10.1. The third-order valence-corrected chi connectivity index (χ3v) is 10.4. The summed E-state index contributed by atoms with van der Waals surface area (Å²) in [7, 11) is 3.39. The number of aldehydes is 1.